The first-order valence-electron chi connectivity index (χ1n) is 11.1. The molecule has 0 spiro atoms. The van der Waals surface area contributed by atoms with Crippen molar-refractivity contribution in [3.8, 4) is 0 Å². The average Bonchev–Trinajstić information content (AvgIpc) is 2.84. The highest BCUT2D eigenvalue weighted by Gasteiger charge is 2.27. The Bertz CT molecular complexity index is 1290. The number of nitrogens with one attached hydrogen (secondary N) is 1. The summed E-state index contributed by atoms with van der Waals surface area (Å²) in [7, 11) is 0. The van der Waals surface area contributed by atoms with Crippen LogP contribution in [0, 0.1) is 12.7 Å². The van der Waals surface area contributed by atoms with E-state index in [9.17, 15) is 9.18 Å². The molecule has 6 nitrogen and oxygen atoms in total. The third-order valence-corrected chi connectivity index (χ3v) is 6.05. The molecule has 0 radical (unpaired) electrons. The zero-order valence-electron chi connectivity index (χ0n) is 18.3. The van der Waals surface area contributed by atoms with Crippen LogP contribution in [0.15, 0.2) is 67.0 Å². The Balaban J connectivity index is 1.29. The van der Waals surface area contributed by atoms with Crippen LogP contribution in [-0.4, -0.2) is 38.8 Å². The zero-order valence-corrected chi connectivity index (χ0v) is 18.3. The number of rotatable bonds is 4. The second-order valence-corrected chi connectivity index (χ2v) is 8.36. The molecule has 166 valence electrons. The molecule has 1 N–H and O–H groups in total. The van der Waals surface area contributed by atoms with E-state index >= 15 is 0 Å². The lowest BCUT2D eigenvalue weighted by molar-refractivity contribution is 0.0708. The largest absolute Gasteiger partial charge is 0.340 e. The van der Waals surface area contributed by atoms with Crippen molar-refractivity contribution >= 4 is 28.2 Å². The van der Waals surface area contributed by atoms with E-state index in [1.807, 2.05) is 54.3 Å². The van der Waals surface area contributed by atoms with Crippen molar-refractivity contribution in [2.75, 3.05) is 18.4 Å². The lowest BCUT2D eigenvalue weighted by Gasteiger charge is -2.32. The van der Waals surface area contributed by atoms with Crippen molar-refractivity contribution in [1.82, 2.24) is 19.9 Å². The number of nitrogens with zero attached hydrogens (tertiary/aromatic N) is 4. The third-order valence-electron chi connectivity index (χ3n) is 6.05. The minimum atomic E-state index is -0.368. The quantitative estimate of drug-likeness (QED) is 0.469. The molecule has 1 aliphatic heterocycles. The fourth-order valence-corrected chi connectivity index (χ4v) is 4.39. The fourth-order valence-electron chi connectivity index (χ4n) is 4.39. The molecule has 1 fully saturated rings. The van der Waals surface area contributed by atoms with E-state index in [0.717, 1.165) is 40.7 Å². The van der Waals surface area contributed by atoms with Gasteiger partial charge in [-0.2, -0.15) is 0 Å². The molecule has 1 saturated heterocycles. The van der Waals surface area contributed by atoms with Gasteiger partial charge in [0.15, 0.2) is 0 Å². The van der Waals surface area contributed by atoms with Gasteiger partial charge in [-0.15, -0.1) is 0 Å². The first kappa shape index (κ1) is 21.0. The Labute approximate surface area is 191 Å². The molecule has 7 heteroatoms. The number of anilines is 2. The van der Waals surface area contributed by atoms with Crippen molar-refractivity contribution in [3.63, 3.8) is 0 Å². The molecule has 0 aliphatic carbocycles. The summed E-state index contributed by atoms with van der Waals surface area (Å²) in [5.41, 5.74) is 3.28. The predicted molar refractivity (Wildman–Crippen MR) is 126 cm³/mol. The number of carbonyl (C=O) groups excluding carboxylic acids is 1. The third kappa shape index (κ3) is 4.53. The summed E-state index contributed by atoms with van der Waals surface area (Å²) in [6.07, 6.45) is 4.56. The van der Waals surface area contributed by atoms with E-state index in [2.05, 4.69) is 15.3 Å². The minimum Gasteiger partial charge on any atom is -0.340 e. The van der Waals surface area contributed by atoms with Crippen LogP contribution in [-0.2, 0) is 0 Å². The highest BCUT2D eigenvalue weighted by atomic mass is 19.1. The number of fused-ring (bicyclic) bond motifs is 1. The Hall–Kier alpha value is -3.87. The fraction of sp³-hybridized carbons (Fsp3) is 0.231. The summed E-state index contributed by atoms with van der Waals surface area (Å²) in [4.78, 5) is 28.3. The second kappa shape index (κ2) is 8.94. The topological polar surface area (TPSA) is 71.0 Å². The van der Waals surface area contributed by atoms with Gasteiger partial charge in [-0.1, -0.05) is 24.3 Å². The van der Waals surface area contributed by atoms with Crippen LogP contribution in [0.2, 0.25) is 0 Å². The van der Waals surface area contributed by atoms with Gasteiger partial charge >= 0.3 is 0 Å². The molecular weight excluding hydrogens is 417 g/mol. The average molecular weight is 442 g/mol. The van der Waals surface area contributed by atoms with Gasteiger partial charge in [-0.25, -0.2) is 9.37 Å². The first-order chi connectivity index (χ1) is 16.1. The second-order valence-electron chi connectivity index (χ2n) is 8.36. The molecule has 5 rings (SSSR count). The summed E-state index contributed by atoms with van der Waals surface area (Å²) in [6.45, 7) is 3.27. The molecule has 33 heavy (non-hydrogen) atoms. The summed E-state index contributed by atoms with van der Waals surface area (Å²) < 4.78 is 13.1. The molecular formula is C26H24FN5O. The maximum atomic E-state index is 13.2. The molecule has 0 bridgehead atoms. The standard InChI is InChI=1S/C26H24FN5O/c1-17-14-21(31-24-7-6-20(27)16-29-24)15-23(30-17)19-9-12-32(13-10-19)26(33)25-22-5-3-2-4-18(22)8-11-28-25/h2-8,11,14-16,19H,9-10,12-13H2,1H3,(H,29,30,31). The summed E-state index contributed by atoms with van der Waals surface area (Å²) in [5, 5.41) is 5.13. The van der Waals surface area contributed by atoms with Crippen LogP contribution in [0.4, 0.5) is 15.9 Å². The number of carbonyl (C=O) groups is 1. The lowest BCUT2D eigenvalue weighted by Crippen LogP contribution is -2.38. The van der Waals surface area contributed by atoms with Gasteiger partial charge in [0.2, 0.25) is 0 Å². The molecule has 0 atom stereocenters. The van der Waals surface area contributed by atoms with E-state index in [-0.39, 0.29) is 17.6 Å². The number of likely N-dealkylation sites (tertiary alicyclic amines) is 1. The Morgan fingerprint density at radius 2 is 1.88 bits per heavy atom. The van der Waals surface area contributed by atoms with E-state index in [0.29, 0.717) is 24.6 Å². The Morgan fingerprint density at radius 3 is 2.67 bits per heavy atom. The van der Waals surface area contributed by atoms with Crippen LogP contribution in [0.3, 0.4) is 0 Å². The highest BCUT2D eigenvalue weighted by molar-refractivity contribution is 6.05. The number of aromatic nitrogens is 3. The number of halogens is 1. The van der Waals surface area contributed by atoms with Gasteiger partial charge in [0, 0.05) is 47.7 Å². The monoisotopic (exact) mass is 441 g/mol. The SMILES string of the molecule is Cc1cc(Nc2ccc(F)cn2)cc(C2CCN(C(=O)c3nccc4ccccc34)CC2)n1. The van der Waals surface area contributed by atoms with Crippen LogP contribution in [0.25, 0.3) is 10.8 Å². The number of hydrogen-bond donors (Lipinski definition) is 1. The maximum absolute atomic E-state index is 13.2. The van der Waals surface area contributed by atoms with Crippen molar-refractivity contribution in [2.24, 2.45) is 0 Å². The summed E-state index contributed by atoms with van der Waals surface area (Å²) in [6, 6.07) is 16.7. The van der Waals surface area contributed by atoms with Crippen LogP contribution in [0.1, 0.15) is 40.6 Å². The van der Waals surface area contributed by atoms with Crippen LogP contribution >= 0.6 is 0 Å². The van der Waals surface area contributed by atoms with Gasteiger partial charge in [0.05, 0.1) is 6.20 Å². The maximum Gasteiger partial charge on any atom is 0.273 e. The number of benzene rings is 1. The lowest BCUT2D eigenvalue weighted by atomic mass is 9.92. The number of pyridine rings is 3. The van der Waals surface area contributed by atoms with Crippen LogP contribution < -0.4 is 5.32 Å². The van der Waals surface area contributed by atoms with Crippen molar-refractivity contribution in [3.05, 3.63) is 89.9 Å². The van der Waals surface area contributed by atoms with Gasteiger partial charge in [-0.05, 0) is 55.5 Å². The van der Waals surface area contributed by atoms with Crippen molar-refractivity contribution in [1.29, 1.82) is 0 Å². The molecule has 1 aromatic carbocycles. The molecule has 4 aromatic rings. The first-order valence-corrected chi connectivity index (χ1v) is 11.1. The Kier molecular flexibility index (Phi) is 5.69. The Morgan fingerprint density at radius 1 is 1.06 bits per heavy atom. The van der Waals surface area contributed by atoms with E-state index < -0.39 is 0 Å². The normalized spacial score (nSPS) is 14.4. The highest BCUT2D eigenvalue weighted by Crippen LogP contribution is 2.30. The van der Waals surface area contributed by atoms with E-state index in [4.69, 9.17) is 4.98 Å². The molecule has 3 aromatic heterocycles. The predicted octanol–water partition coefficient (Wildman–Crippen LogP) is 5.24. The summed E-state index contributed by atoms with van der Waals surface area (Å²) >= 11 is 0. The number of aryl methyl sites for hydroxylation is 1. The van der Waals surface area contributed by atoms with E-state index in [1.54, 1.807) is 12.3 Å². The van der Waals surface area contributed by atoms with Gasteiger partial charge < -0.3 is 10.2 Å². The van der Waals surface area contributed by atoms with Crippen molar-refractivity contribution in [2.45, 2.75) is 25.7 Å². The smallest absolute Gasteiger partial charge is 0.273 e. The summed E-state index contributed by atoms with van der Waals surface area (Å²) in [5.74, 6) is 0.450. The minimum absolute atomic E-state index is 0.0211. The molecule has 0 saturated carbocycles. The zero-order chi connectivity index (χ0) is 22.8. The van der Waals surface area contributed by atoms with Crippen LogP contribution in [0.5, 0.6) is 0 Å². The molecule has 1 aliphatic rings. The number of piperidine rings is 1. The van der Waals surface area contributed by atoms with Gasteiger partial charge in [-0.3, -0.25) is 14.8 Å². The van der Waals surface area contributed by atoms with E-state index in [1.165, 1.54) is 12.3 Å². The van der Waals surface area contributed by atoms with Gasteiger partial charge in [0.1, 0.15) is 17.3 Å². The number of amides is 1. The molecule has 1 amide bonds. The van der Waals surface area contributed by atoms with Crippen molar-refractivity contribution < 1.29 is 9.18 Å². The number of hydrogen-bond acceptors (Lipinski definition) is 5. The molecule has 4 heterocycles. The molecule has 0 unspecified atom stereocenters. The van der Waals surface area contributed by atoms with Gasteiger partial charge in [0.25, 0.3) is 5.91 Å².